The lowest BCUT2D eigenvalue weighted by Crippen LogP contribution is -2.02. The van der Waals surface area contributed by atoms with Crippen LogP contribution in [0.25, 0.3) is 0 Å². The van der Waals surface area contributed by atoms with Crippen LogP contribution in [-0.2, 0) is 4.74 Å². The Morgan fingerprint density at radius 1 is 1.60 bits per heavy atom. The van der Waals surface area contributed by atoms with Gasteiger partial charge in [0.05, 0.1) is 7.11 Å². The van der Waals surface area contributed by atoms with Gasteiger partial charge in [0, 0.05) is 6.07 Å². The molecule has 0 amide bonds. The maximum atomic E-state index is 11.1. The molecule has 0 unspecified atom stereocenters. The first-order chi connectivity index (χ1) is 7.19. The van der Waals surface area contributed by atoms with Crippen LogP contribution in [-0.4, -0.2) is 24.8 Å². The van der Waals surface area contributed by atoms with Crippen molar-refractivity contribution in [3.05, 3.63) is 36.4 Å². The number of benzene rings is 1. The van der Waals surface area contributed by atoms with Crippen molar-refractivity contribution in [2.24, 2.45) is 0 Å². The van der Waals surface area contributed by atoms with Crippen molar-refractivity contribution in [1.82, 2.24) is 0 Å². The minimum absolute atomic E-state index is 0.114. The molecule has 1 rings (SSSR count). The number of phenolic OH excluding ortho intramolecular Hbond substituents is 1. The summed E-state index contributed by atoms with van der Waals surface area (Å²) in [6, 6.07) is 4.38. The normalized spacial score (nSPS) is 9.40. The molecule has 0 spiro atoms. The number of hydrogen-bond donors (Lipinski definition) is 1. The number of phenols is 1. The first-order valence-electron chi connectivity index (χ1n) is 4.34. The number of hydrogen-bond acceptors (Lipinski definition) is 4. The lowest BCUT2D eigenvalue weighted by atomic mass is 10.2. The van der Waals surface area contributed by atoms with Gasteiger partial charge in [-0.25, -0.2) is 4.79 Å². The summed E-state index contributed by atoms with van der Waals surface area (Å²) in [7, 11) is 1.25. The monoisotopic (exact) mass is 208 g/mol. The molecule has 4 heteroatoms. The largest absolute Gasteiger partial charge is 0.507 e. The minimum Gasteiger partial charge on any atom is -0.507 e. The van der Waals surface area contributed by atoms with Gasteiger partial charge in [-0.2, -0.15) is 0 Å². The van der Waals surface area contributed by atoms with Gasteiger partial charge >= 0.3 is 5.97 Å². The molecule has 0 aliphatic carbocycles. The van der Waals surface area contributed by atoms with Crippen LogP contribution >= 0.6 is 0 Å². The molecule has 0 saturated carbocycles. The van der Waals surface area contributed by atoms with Gasteiger partial charge in [0.15, 0.2) is 0 Å². The summed E-state index contributed by atoms with van der Waals surface area (Å²) in [6.45, 7) is 3.84. The molecule has 0 aliphatic rings. The average Bonchev–Trinajstić information content (AvgIpc) is 2.25. The maximum absolute atomic E-state index is 11.1. The molecule has 15 heavy (non-hydrogen) atoms. The zero-order chi connectivity index (χ0) is 11.3. The van der Waals surface area contributed by atoms with Crippen LogP contribution in [0.5, 0.6) is 11.5 Å². The summed E-state index contributed by atoms with van der Waals surface area (Å²) in [5.41, 5.74) is 0.114. The summed E-state index contributed by atoms with van der Waals surface area (Å²) in [5.74, 6) is -0.272. The van der Waals surface area contributed by atoms with Crippen LogP contribution < -0.4 is 4.74 Å². The standard InChI is InChI=1S/C11H12O4/c1-3-6-15-8-4-5-9(10(12)7-8)11(13)14-2/h3-5,7,12H,1,6H2,2H3. The van der Waals surface area contributed by atoms with E-state index in [1.165, 1.54) is 19.2 Å². The lowest BCUT2D eigenvalue weighted by Gasteiger charge is -2.06. The smallest absolute Gasteiger partial charge is 0.341 e. The molecule has 4 nitrogen and oxygen atoms in total. The summed E-state index contributed by atoms with van der Waals surface area (Å²) >= 11 is 0. The first kappa shape index (κ1) is 11.1. The van der Waals surface area contributed by atoms with Crippen LogP contribution in [0.15, 0.2) is 30.9 Å². The van der Waals surface area contributed by atoms with Gasteiger partial charge in [-0.3, -0.25) is 0 Å². The number of methoxy groups -OCH3 is 1. The second-order valence-electron chi connectivity index (χ2n) is 2.77. The third-order valence-corrected chi connectivity index (χ3v) is 1.74. The zero-order valence-corrected chi connectivity index (χ0v) is 8.40. The molecule has 0 bridgehead atoms. The lowest BCUT2D eigenvalue weighted by molar-refractivity contribution is 0.0597. The Balaban J connectivity index is 2.87. The predicted molar refractivity (Wildman–Crippen MR) is 55.1 cm³/mol. The highest BCUT2D eigenvalue weighted by atomic mass is 16.5. The highest BCUT2D eigenvalue weighted by Gasteiger charge is 2.11. The van der Waals surface area contributed by atoms with Crippen LogP contribution in [0.3, 0.4) is 0 Å². The third kappa shape index (κ3) is 2.74. The van der Waals surface area contributed by atoms with Gasteiger partial charge in [0.1, 0.15) is 23.7 Å². The zero-order valence-electron chi connectivity index (χ0n) is 8.40. The Morgan fingerprint density at radius 3 is 2.87 bits per heavy atom. The van der Waals surface area contributed by atoms with E-state index in [0.717, 1.165) is 0 Å². The Bertz CT molecular complexity index is 371. The molecule has 0 atom stereocenters. The van der Waals surface area contributed by atoms with Gasteiger partial charge in [-0.05, 0) is 12.1 Å². The van der Waals surface area contributed by atoms with Crippen molar-refractivity contribution in [3.63, 3.8) is 0 Å². The number of rotatable bonds is 4. The van der Waals surface area contributed by atoms with Gasteiger partial charge in [0.25, 0.3) is 0 Å². The van der Waals surface area contributed by atoms with Crippen LogP contribution in [0.2, 0.25) is 0 Å². The summed E-state index contributed by atoms with van der Waals surface area (Å²) in [4.78, 5) is 11.1. The number of carbonyl (C=O) groups is 1. The van der Waals surface area contributed by atoms with Gasteiger partial charge in [-0.1, -0.05) is 12.7 Å². The van der Waals surface area contributed by atoms with E-state index in [0.29, 0.717) is 12.4 Å². The fourth-order valence-corrected chi connectivity index (χ4v) is 1.04. The molecule has 0 saturated heterocycles. The Labute approximate surface area is 87.7 Å². The molecule has 1 N–H and O–H groups in total. The number of ether oxygens (including phenoxy) is 2. The average molecular weight is 208 g/mol. The fourth-order valence-electron chi connectivity index (χ4n) is 1.04. The van der Waals surface area contributed by atoms with Crippen LogP contribution in [0, 0.1) is 0 Å². The molecule has 80 valence electrons. The fraction of sp³-hybridized carbons (Fsp3) is 0.182. The molecule has 0 fully saturated rings. The van der Waals surface area contributed by atoms with E-state index < -0.39 is 5.97 Å². The van der Waals surface area contributed by atoms with E-state index in [4.69, 9.17) is 4.74 Å². The van der Waals surface area contributed by atoms with E-state index >= 15 is 0 Å². The van der Waals surface area contributed by atoms with Crippen molar-refractivity contribution >= 4 is 5.97 Å². The summed E-state index contributed by atoms with van der Waals surface area (Å²) < 4.78 is 9.66. The third-order valence-electron chi connectivity index (χ3n) is 1.74. The maximum Gasteiger partial charge on any atom is 0.341 e. The van der Waals surface area contributed by atoms with Crippen LogP contribution in [0.1, 0.15) is 10.4 Å². The van der Waals surface area contributed by atoms with Gasteiger partial charge < -0.3 is 14.6 Å². The molecule has 0 aromatic heterocycles. The SMILES string of the molecule is C=CCOc1ccc(C(=O)OC)c(O)c1. The second-order valence-corrected chi connectivity index (χ2v) is 2.77. The molecule has 0 radical (unpaired) electrons. The van der Waals surface area contributed by atoms with Crippen molar-refractivity contribution in [2.75, 3.05) is 13.7 Å². The van der Waals surface area contributed by atoms with Crippen molar-refractivity contribution in [1.29, 1.82) is 0 Å². The van der Waals surface area contributed by atoms with E-state index in [1.54, 1.807) is 12.1 Å². The van der Waals surface area contributed by atoms with E-state index in [-0.39, 0.29) is 11.3 Å². The highest BCUT2D eigenvalue weighted by molar-refractivity contribution is 5.92. The molecular formula is C11H12O4. The molecule has 1 aromatic carbocycles. The molecular weight excluding hydrogens is 196 g/mol. The van der Waals surface area contributed by atoms with E-state index in [2.05, 4.69) is 11.3 Å². The Hall–Kier alpha value is -1.97. The summed E-state index contributed by atoms with van der Waals surface area (Å²) in [6.07, 6.45) is 1.59. The van der Waals surface area contributed by atoms with Crippen molar-refractivity contribution in [3.8, 4) is 11.5 Å². The quantitative estimate of drug-likeness (QED) is 0.605. The van der Waals surface area contributed by atoms with Crippen molar-refractivity contribution in [2.45, 2.75) is 0 Å². The molecule has 0 heterocycles. The predicted octanol–water partition coefficient (Wildman–Crippen LogP) is 1.74. The van der Waals surface area contributed by atoms with Crippen molar-refractivity contribution < 1.29 is 19.4 Å². The van der Waals surface area contributed by atoms with E-state index in [9.17, 15) is 9.90 Å². The highest BCUT2D eigenvalue weighted by Crippen LogP contribution is 2.24. The molecule has 1 aromatic rings. The van der Waals surface area contributed by atoms with Crippen LogP contribution in [0.4, 0.5) is 0 Å². The number of esters is 1. The van der Waals surface area contributed by atoms with Gasteiger partial charge in [0.2, 0.25) is 0 Å². The molecule has 0 aliphatic heterocycles. The first-order valence-corrected chi connectivity index (χ1v) is 4.34. The minimum atomic E-state index is -0.581. The topological polar surface area (TPSA) is 55.8 Å². The Kier molecular flexibility index (Phi) is 3.74. The Morgan fingerprint density at radius 2 is 2.33 bits per heavy atom. The number of carbonyl (C=O) groups excluding carboxylic acids is 1. The summed E-state index contributed by atoms with van der Waals surface area (Å²) in [5, 5.41) is 9.49. The van der Waals surface area contributed by atoms with Gasteiger partial charge in [-0.15, -0.1) is 0 Å². The number of aromatic hydroxyl groups is 1. The van der Waals surface area contributed by atoms with E-state index in [1.807, 2.05) is 0 Å². The second kappa shape index (κ2) is 5.05.